The van der Waals surface area contributed by atoms with Crippen molar-refractivity contribution in [3.8, 4) is 10.4 Å². The summed E-state index contributed by atoms with van der Waals surface area (Å²) in [5.41, 5.74) is 9.58. The van der Waals surface area contributed by atoms with Crippen molar-refractivity contribution >= 4 is 29.1 Å². The summed E-state index contributed by atoms with van der Waals surface area (Å²) in [6.45, 7) is 7.53. The second-order valence-corrected chi connectivity index (χ2v) is 10.5. The van der Waals surface area contributed by atoms with Gasteiger partial charge in [-0.2, -0.15) is 0 Å². The fourth-order valence-corrected chi connectivity index (χ4v) is 4.81. The first-order valence-electron chi connectivity index (χ1n) is 11.3. The lowest BCUT2D eigenvalue weighted by Crippen LogP contribution is -2.58. The number of benzene rings is 1. The topological polar surface area (TPSA) is 138 Å². The van der Waals surface area contributed by atoms with Gasteiger partial charge in [-0.05, 0) is 23.5 Å². The number of likely N-dealkylation sites (tertiary alicyclic amines) is 1. The number of nitrogens with one attached hydrogen (secondary N) is 2. The van der Waals surface area contributed by atoms with Gasteiger partial charge in [-0.3, -0.25) is 14.4 Å². The average Bonchev–Trinajstić information content (AvgIpc) is 3.40. The number of hydrogen-bond donors (Lipinski definition) is 4. The number of amides is 3. The van der Waals surface area contributed by atoms with Crippen LogP contribution in [0.5, 0.6) is 0 Å². The molecule has 3 atom stereocenters. The van der Waals surface area contributed by atoms with Crippen LogP contribution in [0.15, 0.2) is 29.8 Å². The first-order valence-corrected chi connectivity index (χ1v) is 12.1. The van der Waals surface area contributed by atoms with Crippen molar-refractivity contribution in [3.05, 3.63) is 41.0 Å². The van der Waals surface area contributed by atoms with Crippen molar-refractivity contribution in [3.63, 3.8) is 0 Å². The number of carbonyl (C=O) groups excluding carboxylic acids is 3. The molecule has 0 saturated carbocycles. The average molecular weight is 488 g/mol. The third-order valence-electron chi connectivity index (χ3n) is 5.90. The minimum Gasteiger partial charge on any atom is -0.391 e. The largest absolute Gasteiger partial charge is 0.391 e. The van der Waals surface area contributed by atoms with Gasteiger partial charge in [-0.15, -0.1) is 11.3 Å². The molecule has 3 amide bonds. The smallest absolute Gasteiger partial charge is 0.246 e. The molecule has 0 aliphatic carbocycles. The fraction of sp³-hybridized carbons (Fsp3) is 0.500. The van der Waals surface area contributed by atoms with Gasteiger partial charge < -0.3 is 26.4 Å². The van der Waals surface area contributed by atoms with Gasteiger partial charge in [-0.25, -0.2) is 4.98 Å². The van der Waals surface area contributed by atoms with E-state index in [1.807, 2.05) is 57.5 Å². The molecule has 2 aromatic rings. The van der Waals surface area contributed by atoms with Crippen LogP contribution < -0.4 is 16.4 Å². The van der Waals surface area contributed by atoms with E-state index in [2.05, 4.69) is 15.6 Å². The molecule has 1 aliphatic heterocycles. The Kier molecular flexibility index (Phi) is 8.06. The van der Waals surface area contributed by atoms with Crippen LogP contribution >= 0.6 is 11.3 Å². The predicted molar refractivity (Wildman–Crippen MR) is 131 cm³/mol. The van der Waals surface area contributed by atoms with E-state index in [9.17, 15) is 19.5 Å². The summed E-state index contributed by atoms with van der Waals surface area (Å²) >= 11 is 1.58. The van der Waals surface area contributed by atoms with Gasteiger partial charge in [0.1, 0.15) is 12.1 Å². The zero-order valence-corrected chi connectivity index (χ0v) is 20.8. The van der Waals surface area contributed by atoms with E-state index in [1.54, 1.807) is 11.3 Å². The number of nitrogens with zero attached hydrogens (tertiary/aromatic N) is 2. The van der Waals surface area contributed by atoms with Crippen LogP contribution in [0.3, 0.4) is 0 Å². The van der Waals surface area contributed by atoms with Gasteiger partial charge in [0.05, 0.1) is 28.7 Å². The molecule has 1 aromatic heterocycles. The molecule has 1 aromatic carbocycles. The molecule has 0 radical (unpaired) electrons. The Morgan fingerprint density at radius 1 is 1.26 bits per heavy atom. The lowest BCUT2D eigenvalue weighted by Gasteiger charge is -2.35. The SMILES string of the molecule is Cc1ncsc1-c1ccc(CNC(=O)C2CC(O)CN2C(=O)C(NC(=O)CN)C(C)(C)C)cc1. The Morgan fingerprint density at radius 2 is 1.94 bits per heavy atom. The minimum absolute atomic E-state index is 0.0326. The molecule has 1 aliphatic rings. The monoisotopic (exact) mass is 487 g/mol. The van der Waals surface area contributed by atoms with Crippen LogP contribution in [0.25, 0.3) is 10.4 Å². The van der Waals surface area contributed by atoms with Crippen LogP contribution in [0.1, 0.15) is 38.4 Å². The van der Waals surface area contributed by atoms with Crippen molar-refractivity contribution in [2.24, 2.45) is 11.1 Å². The highest BCUT2D eigenvalue weighted by Gasteiger charge is 2.44. The number of hydrogen-bond acceptors (Lipinski definition) is 7. The fourth-order valence-electron chi connectivity index (χ4n) is 4.00. The molecule has 184 valence electrons. The molecule has 1 saturated heterocycles. The molecule has 2 heterocycles. The van der Waals surface area contributed by atoms with Crippen molar-refractivity contribution in [2.75, 3.05) is 13.1 Å². The number of rotatable bonds is 7. The van der Waals surface area contributed by atoms with Crippen LogP contribution in [0.4, 0.5) is 0 Å². The second-order valence-electron chi connectivity index (χ2n) is 9.65. The van der Waals surface area contributed by atoms with E-state index in [4.69, 9.17) is 5.73 Å². The quantitative estimate of drug-likeness (QED) is 0.463. The van der Waals surface area contributed by atoms with Crippen molar-refractivity contribution < 1.29 is 19.5 Å². The Morgan fingerprint density at radius 3 is 2.50 bits per heavy atom. The maximum atomic E-state index is 13.3. The molecule has 0 bridgehead atoms. The Balaban J connectivity index is 1.67. The Hall–Kier alpha value is -2.82. The summed E-state index contributed by atoms with van der Waals surface area (Å²) in [7, 11) is 0. The minimum atomic E-state index is -0.869. The summed E-state index contributed by atoms with van der Waals surface area (Å²) in [6.07, 6.45) is -0.671. The van der Waals surface area contributed by atoms with Gasteiger partial charge >= 0.3 is 0 Å². The highest BCUT2D eigenvalue weighted by Crippen LogP contribution is 2.28. The normalized spacial score (nSPS) is 19.1. The van der Waals surface area contributed by atoms with Gasteiger partial charge in [0, 0.05) is 19.5 Å². The number of aryl methyl sites for hydroxylation is 1. The Labute approximate surface area is 203 Å². The lowest BCUT2D eigenvalue weighted by molar-refractivity contribution is -0.143. The van der Waals surface area contributed by atoms with Crippen LogP contribution in [0.2, 0.25) is 0 Å². The molecule has 1 fully saturated rings. The molecule has 3 rings (SSSR count). The second kappa shape index (κ2) is 10.6. The highest BCUT2D eigenvalue weighted by molar-refractivity contribution is 7.13. The first-order chi connectivity index (χ1) is 16.0. The van der Waals surface area contributed by atoms with Gasteiger partial charge in [0.15, 0.2) is 0 Å². The molecule has 5 N–H and O–H groups in total. The molecular formula is C24H33N5O4S. The van der Waals surface area contributed by atoms with E-state index < -0.39 is 35.4 Å². The van der Waals surface area contributed by atoms with Crippen LogP contribution in [-0.4, -0.2) is 64.0 Å². The summed E-state index contributed by atoms with van der Waals surface area (Å²) in [5.74, 6) is -1.20. The summed E-state index contributed by atoms with van der Waals surface area (Å²) in [6, 6.07) is 6.18. The Bertz CT molecular complexity index is 1030. The van der Waals surface area contributed by atoms with E-state index in [1.165, 1.54) is 4.90 Å². The number of aliphatic hydroxyl groups excluding tert-OH is 1. The standard InChI is InChI=1S/C24H33N5O4S/c1-14-20(34-13-27-14)16-7-5-15(6-8-16)11-26-22(32)18-9-17(30)12-29(18)23(33)21(24(2,3)4)28-19(31)10-25/h5-8,13,17-18,21,30H,9-12,25H2,1-4H3,(H,26,32)(H,28,31). The number of aliphatic hydroxyl groups is 1. The first kappa shape index (κ1) is 25.8. The number of thiazole rings is 1. The zero-order valence-electron chi connectivity index (χ0n) is 20.0. The van der Waals surface area contributed by atoms with E-state index in [0.29, 0.717) is 6.54 Å². The highest BCUT2D eigenvalue weighted by atomic mass is 32.1. The summed E-state index contributed by atoms with van der Waals surface area (Å²) < 4.78 is 0. The molecule has 0 spiro atoms. The van der Waals surface area contributed by atoms with Crippen molar-refractivity contribution in [1.82, 2.24) is 20.5 Å². The molecular weight excluding hydrogens is 454 g/mol. The third kappa shape index (κ3) is 5.99. The van der Waals surface area contributed by atoms with Crippen LogP contribution in [-0.2, 0) is 20.9 Å². The van der Waals surface area contributed by atoms with Crippen molar-refractivity contribution in [2.45, 2.75) is 58.8 Å². The molecule has 34 heavy (non-hydrogen) atoms. The zero-order chi connectivity index (χ0) is 25.0. The molecule has 3 unspecified atom stereocenters. The number of carbonyl (C=O) groups is 3. The summed E-state index contributed by atoms with van der Waals surface area (Å²) in [5, 5.41) is 15.8. The van der Waals surface area contributed by atoms with Gasteiger partial charge in [0.2, 0.25) is 17.7 Å². The lowest BCUT2D eigenvalue weighted by atomic mass is 9.85. The van der Waals surface area contributed by atoms with Gasteiger partial charge in [0.25, 0.3) is 0 Å². The third-order valence-corrected chi connectivity index (χ3v) is 6.87. The van der Waals surface area contributed by atoms with E-state index >= 15 is 0 Å². The maximum absolute atomic E-state index is 13.3. The van der Waals surface area contributed by atoms with E-state index in [-0.39, 0.29) is 25.4 Å². The number of aromatic nitrogens is 1. The van der Waals surface area contributed by atoms with Crippen molar-refractivity contribution in [1.29, 1.82) is 0 Å². The molecule has 10 heteroatoms. The van der Waals surface area contributed by atoms with Crippen LogP contribution in [0, 0.1) is 12.3 Å². The predicted octanol–water partition coefficient (Wildman–Crippen LogP) is 1.19. The van der Waals surface area contributed by atoms with E-state index in [0.717, 1.165) is 21.7 Å². The maximum Gasteiger partial charge on any atom is 0.246 e. The summed E-state index contributed by atoms with van der Waals surface area (Å²) in [4.78, 5) is 45.0. The number of nitrogens with two attached hydrogens (primary N) is 1. The molecule has 9 nitrogen and oxygen atoms in total. The van der Waals surface area contributed by atoms with Gasteiger partial charge in [-0.1, -0.05) is 45.0 Å². The number of β-amino-alcohol motifs (C(OH)–C–C–N with tert-alkyl or cyclic N) is 1.